The number of carbonyl (C=O) groups is 3. The highest BCUT2D eigenvalue weighted by molar-refractivity contribution is 8.00. The Bertz CT molecular complexity index is 1100. The van der Waals surface area contributed by atoms with E-state index < -0.39 is 40.6 Å². The third-order valence-corrected chi connectivity index (χ3v) is 7.76. The van der Waals surface area contributed by atoms with Gasteiger partial charge in [-0.25, -0.2) is 4.39 Å². The van der Waals surface area contributed by atoms with E-state index in [0.29, 0.717) is 6.54 Å². The Hall–Kier alpha value is -2.91. The van der Waals surface area contributed by atoms with Crippen LogP contribution in [0.4, 0.5) is 4.39 Å². The molecule has 3 atom stereocenters. The molecule has 7 nitrogen and oxygen atoms in total. The number of thioether (sulfide) groups is 1. The van der Waals surface area contributed by atoms with E-state index in [1.807, 2.05) is 51.1 Å². The van der Waals surface area contributed by atoms with Gasteiger partial charge in [-0.2, -0.15) is 0 Å². The molecule has 1 aliphatic heterocycles. The lowest BCUT2D eigenvalue weighted by molar-refractivity contribution is -0.147. The van der Waals surface area contributed by atoms with Crippen molar-refractivity contribution in [3.05, 3.63) is 71.0 Å². The van der Waals surface area contributed by atoms with E-state index in [1.165, 1.54) is 41.8 Å². The first-order chi connectivity index (χ1) is 17.1. The van der Waals surface area contributed by atoms with E-state index in [2.05, 4.69) is 10.6 Å². The topological polar surface area (TPSA) is 98.7 Å². The highest BCUT2D eigenvalue weighted by atomic mass is 32.2. The molecule has 0 saturated carbocycles. The van der Waals surface area contributed by atoms with Crippen molar-refractivity contribution < 1.29 is 23.9 Å². The van der Waals surface area contributed by atoms with Crippen molar-refractivity contribution in [1.82, 2.24) is 15.5 Å². The monoisotopic (exact) mass is 515 g/mol. The predicted octanol–water partition coefficient (Wildman–Crippen LogP) is 3.04. The maximum absolute atomic E-state index is 14.1. The molecule has 194 valence electrons. The maximum atomic E-state index is 14.1. The van der Waals surface area contributed by atoms with Crippen molar-refractivity contribution in [2.45, 2.75) is 63.5 Å². The number of rotatable bonds is 9. The minimum atomic E-state index is -1.61. The molecule has 3 unspecified atom stereocenters. The Morgan fingerprint density at radius 1 is 1.17 bits per heavy atom. The number of hydrogen-bond donors (Lipinski definition) is 3. The first kappa shape index (κ1) is 27.7. The number of amides is 3. The van der Waals surface area contributed by atoms with Gasteiger partial charge in [-0.05, 0) is 56.9 Å². The summed E-state index contributed by atoms with van der Waals surface area (Å²) in [5.74, 6) is -1.78. The fourth-order valence-electron chi connectivity index (χ4n) is 4.31. The number of aliphatic hydroxyl groups is 1. The molecule has 1 heterocycles. The third kappa shape index (κ3) is 6.25. The highest BCUT2D eigenvalue weighted by Crippen LogP contribution is 2.39. The van der Waals surface area contributed by atoms with Gasteiger partial charge in [0.2, 0.25) is 5.91 Å². The SMILES string of the molecule is CCCNC(=O)C1N(C(=O)C(O)C(Cc2ccccc2)NC(=O)c2cccc(F)c2C)CSC1(C)C. The molecule has 36 heavy (non-hydrogen) atoms. The van der Waals surface area contributed by atoms with Crippen LogP contribution in [-0.4, -0.2) is 63.1 Å². The molecule has 1 saturated heterocycles. The van der Waals surface area contributed by atoms with Crippen molar-refractivity contribution in [3.8, 4) is 0 Å². The van der Waals surface area contributed by atoms with Gasteiger partial charge in [0.05, 0.1) is 11.9 Å². The molecule has 3 amide bonds. The summed E-state index contributed by atoms with van der Waals surface area (Å²) in [7, 11) is 0. The van der Waals surface area contributed by atoms with Crippen LogP contribution in [0, 0.1) is 12.7 Å². The molecular weight excluding hydrogens is 481 g/mol. The third-order valence-electron chi connectivity index (χ3n) is 6.39. The molecule has 3 rings (SSSR count). The molecule has 3 N–H and O–H groups in total. The van der Waals surface area contributed by atoms with E-state index in [0.717, 1.165) is 12.0 Å². The fourth-order valence-corrected chi connectivity index (χ4v) is 5.45. The summed E-state index contributed by atoms with van der Waals surface area (Å²) in [5.41, 5.74) is 1.11. The molecule has 2 aromatic rings. The molecule has 0 bridgehead atoms. The first-order valence-electron chi connectivity index (χ1n) is 12.1. The maximum Gasteiger partial charge on any atom is 0.254 e. The molecule has 0 spiro atoms. The number of nitrogens with one attached hydrogen (secondary N) is 2. The fraction of sp³-hybridized carbons (Fsp3) is 0.444. The molecule has 0 radical (unpaired) electrons. The van der Waals surface area contributed by atoms with Crippen molar-refractivity contribution in [1.29, 1.82) is 0 Å². The van der Waals surface area contributed by atoms with E-state index in [9.17, 15) is 23.9 Å². The summed E-state index contributed by atoms with van der Waals surface area (Å²) in [6.07, 6.45) is -0.683. The van der Waals surface area contributed by atoms with Crippen LogP contribution in [0.3, 0.4) is 0 Å². The number of aliphatic hydroxyl groups excluding tert-OH is 1. The standard InChI is InChI=1S/C27H34FN3O4S/c1-5-14-29-25(34)23-27(3,4)36-16-31(23)26(35)22(32)21(15-18-10-7-6-8-11-18)30-24(33)19-12-9-13-20(28)17(19)2/h6-13,21-23,32H,5,14-16H2,1-4H3,(H,29,34)(H,30,33). The summed E-state index contributed by atoms with van der Waals surface area (Å²) >= 11 is 1.46. The predicted molar refractivity (Wildman–Crippen MR) is 139 cm³/mol. The summed E-state index contributed by atoms with van der Waals surface area (Å²) in [4.78, 5) is 41.0. The molecule has 1 aliphatic rings. The van der Waals surface area contributed by atoms with Gasteiger partial charge in [0.15, 0.2) is 6.10 Å². The minimum absolute atomic E-state index is 0.127. The largest absolute Gasteiger partial charge is 0.381 e. The summed E-state index contributed by atoms with van der Waals surface area (Å²) in [5, 5.41) is 16.8. The zero-order valence-corrected chi connectivity index (χ0v) is 21.9. The van der Waals surface area contributed by atoms with Gasteiger partial charge in [-0.15, -0.1) is 11.8 Å². The Balaban J connectivity index is 1.87. The van der Waals surface area contributed by atoms with Gasteiger partial charge in [0, 0.05) is 16.9 Å². The lowest BCUT2D eigenvalue weighted by atomic mass is 9.96. The molecular formula is C27H34FN3O4S. The Labute approximate surface area is 215 Å². The van der Waals surface area contributed by atoms with Crippen LogP contribution in [0.15, 0.2) is 48.5 Å². The smallest absolute Gasteiger partial charge is 0.254 e. The quantitative estimate of drug-likeness (QED) is 0.477. The van der Waals surface area contributed by atoms with Gasteiger partial charge < -0.3 is 20.6 Å². The summed E-state index contributed by atoms with van der Waals surface area (Å²) < 4.78 is 13.5. The number of halogens is 1. The number of benzene rings is 2. The van der Waals surface area contributed by atoms with Gasteiger partial charge in [0.25, 0.3) is 11.8 Å². The second-order valence-electron chi connectivity index (χ2n) is 9.51. The minimum Gasteiger partial charge on any atom is -0.381 e. The van der Waals surface area contributed by atoms with Gasteiger partial charge in [0.1, 0.15) is 11.9 Å². The van der Waals surface area contributed by atoms with Crippen LogP contribution in [0.2, 0.25) is 0 Å². The van der Waals surface area contributed by atoms with Gasteiger partial charge >= 0.3 is 0 Å². The van der Waals surface area contributed by atoms with E-state index in [4.69, 9.17) is 0 Å². The van der Waals surface area contributed by atoms with Crippen molar-refractivity contribution in [2.24, 2.45) is 0 Å². The van der Waals surface area contributed by atoms with E-state index >= 15 is 0 Å². The number of nitrogens with zero attached hydrogens (tertiary/aromatic N) is 1. The van der Waals surface area contributed by atoms with Crippen LogP contribution in [-0.2, 0) is 16.0 Å². The molecule has 0 aromatic heterocycles. The first-order valence-corrected chi connectivity index (χ1v) is 13.1. The Morgan fingerprint density at radius 3 is 2.53 bits per heavy atom. The second-order valence-corrected chi connectivity index (χ2v) is 11.1. The zero-order chi connectivity index (χ0) is 26.5. The van der Waals surface area contributed by atoms with Crippen LogP contribution < -0.4 is 10.6 Å². The van der Waals surface area contributed by atoms with Crippen LogP contribution in [0.5, 0.6) is 0 Å². The average molecular weight is 516 g/mol. The van der Waals surface area contributed by atoms with Crippen LogP contribution in [0.25, 0.3) is 0 Å². The lowest BCUT2D eigenvalue weighted by Gasteiger charge is -2.33. The van der Waals surface area contributed by atoms with E-state index in [1.54, 1.807) is 0 Å². The van der Waals surface area contributed by atoms with E-state index in [-0.39, 0.29) is 29.3 Å². The van der Waals surface area contributed by atoms with Crippen LogP contribution in [0.1, 0.15) is 48.7 Å². The lowest BCUT2D eigenvalue weighted by Crippen LogP contribution is -2.58. The zero-order valence-electron chi connectivity index (χ0n) is 21.1. The molecule has 0 aliphatic carbocycles. The average Bonchev–Trinajstić information content (AvgIpc) is 3.18. The molecule has 1 fully saturated rings. The normalized spacial score (nSPS) is 18.4. The van der Waals surface area contributed by atoms with Crippen molar-refractivity contribution >= 4 is 29.5 Å². The van der Waals surface area contributed by atoms with Crippen molar-refractivity contribution in [2.75, 3.05) is 12.4 Å². The van der Waals surface area contributed by atoms with Crippen molar-refractivity contribution in [3.63, 3.8) is 0 Å². The molecule has 2 aromatic carbocycles. The molecule has 9 heteroatoms. The number of hydrogen-bond acceptors (Lipinski definition) is 5. The summed E-state index contributed by atoms with van der Waals surface area (Å²) in [6, 6.07) is 11.6. The van der Waals surface area contributed by atoms with Gasteiger partial charge in [-0.3, -0.25) is 14.4 Å². The Kier molecular flexibility index (Phi) is 9.13. The summed E-state index contributed by atoms with van der Waals surface area (Å²) in [6.45, 7) is 7.72. The Morgan fingerprint density at radius 2 is 1.86 bits per heavy atom. The number of carbonyl (C=O) groups excluding carboxylic acids is 3. The van der Waals surface area contributed by atoms with Gasteiger partial charge in [-0.1, -0.05) is 43.3 Å². The highest BCUT2D eigenvalue weighted by Gasteiger charge is 2.49. The second kappa shape index (κ2) is 11.9. The van der Waals surface area contributed by atoms with Crippen LogP contribution >= 0.6 is 11.8 Å².